The van der Waals surface area contributed by atoms with E-state index in [2.05, 4.69) is 5.32 Å². The van der Waals surface area contributed by atoms with Gasteiger partial charge in [-0.05, 0) is 73.7 Å². The predicted octanol–water partition coefficient (Wildman–Crippen LogP) is 6.31. The van der Waals surface area contributed by atoms with E-state index in [1.807, 2.05) is 0 Å². The van der Waals surface area contributed by atoms with Gasteiger partial charge in [0.05, 0.1) is 12.2 Å². The molecule has 3 aromatic carbocycles. The van der Waals surface area contributed by atoms with Gasteiger partial charge in [0, 0.05) is 16.9 Å². The van der Waals surface area contributed by atoms with Crippen LogP contribution in [0.1, 0.15) is 18.1 Å². The Morgan fingerprint density at radius 3 is 2.12 bits per heavy atom. The molecule has 0 aromatic heterocycles. The van der Waals surface area contributed by atoms with Gasteiger partial charge in [-0.15, -0.1) is 0 Å². The molecule has 2 N–H and O–H groups in total. The van der Waals surface area contributed by atoms with Gasteiger partial charge < -0.3 is 14.8 Å². The minimum atomic E-state index is -4.42. The van der Waals surface area contributed by atoms with Crippen LogP contribution in [0.3, 0.4) is 0 Å². The van der Waals surface area contributed by atoms with Crippen LogP contribution in [0.15, 0.2) is 66.7 Å². The maximum Gasteiger partial charge on any atom is 0.416 e. The first kappa shape index (κ1) is 22.8. The summed E-state index contributed by atoms with van der Waals surface area (Å²) in [5.74, 6) is -0.863. The van der Waals surface area contributed by atoms with Gasteiger partial charge in [0.1, 0.15) is 23.0 Å². The van der Waals surface area contributed by atoms with Crippen molar-refractivity contribution in [3.05, 3.63) is 83.7 Å². The van der Waals surface area contributed by atoms with Crippen LogP contribution in [0.4, 0.5) is 28.9 Å². The Hall–Kier alpha value is -3.88. The lowest BCUT2D eigenvalue weighted by Gasteiger charge is -2.13. The summed E-state index contributed by atoms with van der Waals surface area (Å²) in [6, 6.07) is 14.4. The fraction of sp³-hybridized carbons (Fsp3) is 0.130. The highest BCUT2D eigenvalue weighted by Gasteiger charge is 2.30. The average Bonchev–Trinajstić information content (AvgIpc) is 2.75. The van der Waals surface area contributed by atoms with Crippen molar-refractivity contribution < 1.29 is 31.8 Å². The zero-order chi connectivity index (χ0) is 23.3. The normalized spacial score (nSPS) is 11.0. The Kier molecular flexibility index (Phi) is 6.77. The summed E-state index contributed by atoms with van der Waals surface area (Å²) in [7, 11) is 0. The SMILES string of the molecule is CCOC(=O)C(=N)c1cc(F)ccc1Nc1ccc(Oc2ccc(C(F)(F)F)cc2)cc1. The number of carbonyl (C=O) groups is 1. The van der Waals surface area contributed by atoms with E-state index in [0.717, 1.165) is 18.2 Å². The van der Waals surface area contributed by atoms with Crippen LogP contribution in [0, 0.1) is 11.2 Å². The third-order valence-electron chi connectivity index (χ3n) is 4.28. The van der Waals surface area contributed by atoms with Crippen LogP contribution in [0.25, 0.3) is 0 Å². The third kappa shape index (κ3) is 5.63. The van der Waals surface area contributed by atoms with E-state index in [4.69, 9.17) is 14.9 Å². The Balaban J connectivity index is 1.74. The first-order valence-corrected chi connectivity index (χ1v) is 9.45. The van der Waals surface area contributed by atoms with E-state index < -0.39 is 29.2 Å². The number of carbonyl (C=O) groups excluding carboxylic acids is 1. The molecule has 0 bridgehead atoms. The zero-order valence-electron chi connectivity index (χ0n) is 16.8. The molecule has 0 fully saturated rings. The maximum atomic E-state index is 13.7. The Bertz CT molecular complexity index is 1110. The van der Waals surface area contributed by atoms with Gasteiger partial charge in [-0.1, -0.05) is 0 Å². The minimum absolute atomic E-state index is 0.0357. The molecule has 0 aliphatic heterocycles. The number of hydrogen-bond acceptors (Lipinski definition) is 5. The van der Waals surface area contributed by atoms with Crippen LogP contribution < -0.4 is 10.1 Å². The summed E-state index contributed by atoms with van der Waals surface area (Å²) in [5, 5.41) is 11.0. The molecule has 3 rings (SSSR count). The lowest BCUT2D eigenvalue weighted by molar-refractivity contribution is -0.137. The number of anilines is 2. The molecule has 0 atom stereocenters. The predicted molar refractivity (Wildman–Crippen MR) is 111 cm³/mol. The van der Waals surface area contributed by atoms with Crippen molar-refractivity contribution in [2.75, 3.05) is 11.9 Å². The van der Waals surface area contributed by atoms with Crippen molar-refractivity contribution in [3.8, 4) is 11.5 Å². The summed E-state index contributed by atoms with van der Waals surface area (Å²) in [6.45, 7) is 1.68. The molecule has 0 aliphatic carbocycles. The first-order chi connectivity index (χ1) is 15.2. The summed E-state index contributed by atoms with van der Waals surface area (Å²) < 4.78 is 62.0. The minimum Gasteiger partial charge on any atom is -0.461 e. The van der Waals surface area contributed by atoms with Crippen molar-refractivity contribution in [1.82, 2.24) is 0 Å². The standard InChI is InChI=1S/C23H18F4N2O3/c1-2-31-22(30)21(28)19-13-15(24)5-12-20(19)29-16-6-10-18(11-7-16)32-17-8-3-14(4-9-17)23(25,26)27/h3-13,28-29H,2H2,1H3. The van der Waals surface area contributed by atoms with Crippen LogP contribution >= 0.6 is 0 Å². The summed E-state index contributed by atoms with van der Waals surface area (Å²) >= 11 is 0. The second kappa shape index (κ2) is 9.51. The fourth-order valence-corrected chi connectivity index (χ4v) is 2.76. The van der Waals surface area contributed by atoms with E-state index in [1.165, 1.54) is 24.3 Å². The van der Waals surface area contributed by atoms with Gasteiger partial charge in [-0.3, -0.25) is 5.41 Å². The Morgan fingerprint density at radius 1 is 0.969 bits per heavy atom. The molecule has 0 heterocycles. The zero-order valence-corrected chi connectivity index (χ0v) is 16.8. The lowest BCUT2D eigenvalue weighted by atomic mass is 10.1. The van der Waals surface area contributed by atoms with Gasteiger partial charge in [0.25, 0.3) is 0 Å². The van der Waals surface area contributed by atoms with Gasteiger partial charge in [0.15, 0.2) is 0 Å². The quantitative estimate of drug-likeness (QED) is 0.253. The number of halogens is 4. The number of alkyl halides is 3. The van der Waals surface area contributed by atoms with E-state index in [1.54, 1.807) is 31.2 Å². The van der Waals surface area contributed by atoms with Crippen molar-refractivity contribution in [2.24, 2.45) is 0 Å². The van der Waals surface area contributed by atoms with Crippen molar-refractivity contribution in [3.63, 3.8) is 0 Å². The highest BCUT2D eigenvalue weighted by atomic mass is 19.4. The molecule has 0 unspecified atom stereocenters. The third-order valence-corrected chi connectivity index (χ3v) is 4.28. The molecule has 166 valence electrons. The number of esters is 1. The number of nitrogens with one attached hydrogen (secondary N) is 2. The lowest BCUT2D eigenvalue weighted by Crippen LogP contribution is -2.19. The van der Waals surface area contributed by atoms with Gasteiger partial charge >= 0.3 is 12.1 Å². The smallest absolute Gasteiger partial charge is 0.416 e. The summed E-state index contributed by atoms with van der Waals surface area (Å²) in [6.07, 6.45) is -4.42. The first-order valence-electron chi connectivity index (χ1n) is 9.45. The molecule has 3 aromatic rings. The highest BCUT2D eigenvalue weighted by Crippen LogP contribution is 2.32. The van der Waals surface area contributed by atoms with Crippen LogP contribution in [-0.4, -0.2) is 18.3 Å². The van der Waals surface area contributed by atoms with E-state index >= 15 is 0 Å². The molecular formula is C23H18F4N2O3. The number of rotatable bonds is 7. The molecule has 32 heavy (non-hydrogen) atoms. The largest absolute Gasteiger partial charge is 0.461 e. The average molecular weight is 446 g/mol. The van der Waals surface area contributed by atoms with Crippen LogP contribution in [0.5, 0.6) is 11.5 Å². The molecule has 0 amide bonds. The molecule has 0 saturated carbocycles. The van der Waals surface area contributed by atoms with E-state index in [-0.39, 0.29) is 17.9 Å². The molecule has 0 saturated heterocycles. The van der Waals surface area contributed by atoms with E-state index in [0.29, 0.717) is 17.1 Å². The number of benzene rings is 3. The topological polar surface area (TPSA) is 71.4 Å². The van der Waals surface area contributed by atoms with Gasteiger partial charge in [-0.2, -0.15) is 13.2 Å². The van der Waals surface area contributed by atoms with Gasteiger partial charge in [-0.25, -0.2) is 9.18 Å². The second-order valence-corrected chi connectivity index (χ2v) is 6.56. The van der Waals surface area contributed by atoms with Crippen molar-refractivity contribution >= 4 is 23.1 Å². The monoisotopic (exact) mass is 446 g/mol. The second-order valence-electron chi connectivity index (χ2n) is 6.56. The Morgan fingerprint density at radius 2 is 1.56 bits per heavy atom. The number of ether oxygens (including phenoxy) is 2. The highest BCUT2D eigenvalue weighted by molar-refractivity contribution is 6.43. The van der Waals surface area contributed by atoms with Crippen molar-refractivity contribution in [1.29, 1.82) is 5.41 Å². The summed E-state index contributed by atoms with van der Waals surface area (Å²) in [4.78, 5) is 11.9. The summed E-state index contributed by atoms with van der Waals surface area (Å²) in [5.41, 5.74) is -0.354. The van der Waals surface area contributed by atoms with Gasteiger partial charge in [0.2, 0.25) is 0 Å². The molecule has 9 heteroatoms. The molecule has 0 aliphatic rings. The molecule has 5 nitrogen and oxygen atoms in total. The molecular weight excluding hydrogens is 428 g/mol. The number of hydrogen-bond donors (Lipinski definition) is 2. The Labute approximate surface area is 181 Å². The van der Waals surface area contributed by atoms with Crippen LogP contribution in [-0.2, 0) is 15.7 Å². The fourth-order valence-electron chi connectivity index (χ4n) is 2.76. The van der Waals surface area contributed by atoms with Crippen LogP contribution in [0.2, 0.25) is 0 Å². The maximum absolute atomic E-state index is 13.7. The van der Waals surface area contributed by atoms with E-state index in [9.17, 15) is 22.4 Å². The molecule has 0 spiro atoms. The van der Waals surface area contributed by atoms with Crippen molar-refractivity contribution in [2.45, 2.75) is 13.1 Å². The molecule has 0 radical (unpaired) electrons.